The maximum atomic E-state index is 13.6. The molecule has 0 bridgehead atoms. The second-order valence-electron chi connectivity index (χ2n) is 6.72. The molecule has 1 saturated heterocycles. The van der Waals surface area contributed by atoms with Crippen LogP contribution in [-0.4, -0.2) is 58.6 Å². The van der Waals surface area contributed by atoms with Crippen LogP contribution in [0.5, 0.6) is 5.75 Å². The molecular weight excluding hydrogens is 476 g/mol. The van der Waals surface area contributed by atoms with Crippen molar-refractivity contribution in [2.24, 2.45) is 10.9 Å². The number of guanidine groups is 1. The van der Waals surface area contributed by atoms with Gasteiger partial charge in [-0.1, -0.05) is 12.1 Å². The molecule has 1 fully saturated rings. The molecule has 0 aliphatic carbocycles. The predicted molar refractivity (Wildman–Crippen MR) is 120 cm³/mol. The first-order valence-electron chi connectivity index (χ1n) is 9.70. The van der Waals surface area contributed by atoms with Crippen LogP contribution < -0.4 is 15.4 Å². The zero-order valence-electron chi connectivity index (χ0n) is 16.8. The smallest absolute Gasteiger partial charge is 0.191 e. The molecule has 8 heteroatoms. The first kappa shape index (κ1) is 24.9. The number of ether oxygens (including phenoxy) is 3. The largest absolute Gasteiger partial charge is 0.486 e. The lowest BCUT2D eigenvalue weighted by Gasteiger charge is -2.21. The van der Waals surface area contributed by atoms with E-state index in [1.807, 2.05) is 6.92 Å². The molecule has 1 atom stereocenters. The molecule has 0 radical (unpaired) electrons. The molecule has 2 rings (SSSR count). The van der Waals surface area contributed by atoms with Gasteiger partial charge in [-0.3, -0.25) is 4.99 Å². The average molecular weight is 509 g/mol. The van der Waals surface area contributed by atoms with Gasteiger partial charge in [0.25, 0.3) is 0 Å². The number of rotatable bonds is 10. The van der Waals surface area contributed by atoms with Crippen molar-refractivity contribution in [2.45, 2.75) is 32.3 Å². The minimum absolute atomic E-state index is 0. The summed E-state index contributed by atoms with van der Waals surface area (Å²) in [6, 6.07) is 6.41. The Balaban J connectivity index is 0.00000392. The van der Waals surface area contributed by atoms with Crippen LogP contribution in [0.4, 0.5) is 4.39 Å². The number of benzene rings is 1. The SMILES string of the molecule is CN=C(NCCCOCC1CCOCC1)NCC(C)Oc1ccccc1F.I. The number of halogens is 2. The molecule has 1 aliphatic heterocycles. The Morgan fingerprint density at radius 3 is 2.75 bits per heavy atom. The Bertz CT molecular complexity index is 571. The van der Waals surface area contributed by atoms with Crippen LogP contribution in [0, 0.1) is 11.7 Å². The molecule has 1 aliphatic rings. The van der Waals surface area contributed by atoms with Gasteiger partial charge in [0.15, 0.2) is 17.5 Å². The van der Waals surface area contributed by atoms with Crippen molar-refractivity contribution in [2.75, 3.05) is 46.6 Å². The molecule has 0 saturated carbocycles. The fraction of sp³-hybridized carbons (Fsp3) is 0.650. The van der Waals surface area contributed by atoms with Crippen molar-refractivity contribution in [3.8, 4) is 5.75 Å². The molecule has 1 aromatic rings. The summed E-state index contributed by atoms with van der Waals surface area (Å²) in [4.78, 5) is 4.19. The monoisotopic (exact) mass is 509 g/mol. The van der Waals surface area contributed by atoms with E-state index in [1.165, 1.54) is 6.07 Å². The van der Waals surface area contributed by atoms with E-state index in [2.05, 4.69) is 15.6 Å². The number of nitrogens with one attached hydrogen (secondary N) is 2. The quantitative estimate of drug-likeness (QED) is 0.220. The third-order valence-electron chi connectivity index (χ3n) is 4.40. The molecule has 0 aromatic heterocycles. The summed E-state index contributed by atoms with van der Waals surface area (Å²) in [7, 11) is 1.72. The van der Waals surface area contributed by atoms with Crippen molar-refractivity contribution < 1.29 is 18.6 Å². The number of para-hydroxylation sites is 1. The normalized spacial score (nSPS) is 16.2. The summed E-state index contributed by atoms with van der Waals surface area (Å²) >= 11 is 0. The summed E-state index contributed by atoms with van der Waals surface area (Å²) in [5.74, 6) is 1.24. The van der Waals surface area contributed by atoms with E-state index in [-0.39, 0.29) is 41.6 Å². The van der Waals surface area contributed by atoms with Crippen molar-refractivity contribution in [3.63, 3.8) is 0 Å². The van der Waals surface area contributed by atoms with Crippen LogP contribution in [0.3, 0.4) is 0 Å². The van der Waals surface area contributed by atoms with Gasteiger partial charge in [-0.2, -0.15) is 0 Å². The number of hydrogen-bond donors (Lipinski definition) is 2. The van der Waals surface area contributed by atoms with Crippen molar-refractivity contribution >= 4 is 29.9 Å². The number of hydrogen-bond acceptors (Lipinski definition) is 4. The van der Waals surface area contributed by atoms with Gasteiger partial charge in [-0.25, -0.2) is 4.39 Å². The summed E-state index contributed by atoms with van der Waals surface area (Å²) in [6.45, 7) is 6.45. The van der Waals surface area contributed by atoms with Crippen molar-refractivity contribution in [3.05, 3.63) is 30.1 Å². The van der Waals surface area contributed by atoms with E-state index >= 15 is 0 Å². The van der Waals surface area contributed by atoms with Gasteiger partial charge >= 0.3 is 0 Å². The van der Waals surface area contributed by atoms with E-state index < -0.39 is 0 Å². The minimum Gasteiger partial charge on any atom is -0.486 e. The van der Waals surface area contributed by atoms with Gasteiger partial charge in [-0.15, -0.1) is 24.0 Å². The highest BCUT2D eigenvalue weighted by Crippen LogP contribution is 2.16. The van der Waals surface area contributed by atoms with E-state index in [9.17, 15) is 4.39 Å². The Kier molecular flexibility index (Phi) is 13.2. The molecule has 1 heterocycles. The van der Waals surface area contributed by atoms with E-state index in [4.69, 9.17) is 14.2 Å². The molecule has 0 spiro atoms. The number of aliphatic imine (C=N–C) groups is 1. The Hall–Kier alpha value is -1.13. The first-order valence-corrected chi connectivity index (χ1v) is 9.70. The molecule has 0 amide bonds. The zero-order valence-corrected chi connectivity index (χ0v) is 19.1. The van der Waals surface area contributed by atoms with Crippen LogP contribution in [0.2, 0.25) is 0 Å². The molecule has 1 aromatic carbocycles. The molecule has 28 heavy (non-hydrogen) atoms. The number of nitrogens with zero attached hydrogens (tertiary/aromatic N) is 1. The van der Waals surface area contributed by atoms with E-state index in [0.717, 1.165) is 52.2 Å². The van der Waals surface area contributed by atoms with Crippen molar-refractivity contribution in [1.82, 2.24) is 10.6 Å². The topological polar surface area (TPSA) is 64.1 Å². The van der Waals surface area contributed by atoms with Crippen LogP contribution >= 0.6 is 24.0 Å². The molecular formula is C20H33FIN3O3. The van der Waals surface area contributed by atoms with Gasteiger partial charge in [0.1, 0.15) is 6.10 Å². The fourth-order valence-electron chi connectivity index (χ4n) is 2.80. The Labute approximate surface area is 184 Å². The van der Waals surface area contributed by atoms with Gasteiger partial charge in [0.2, 0.25) is 0 Å². The predicted octanol–water partition coefficient (Wildman–Crippen LogP) is 3.21. The standard InChI is InChI=1S/C20H32FN3O3.HI/c1-16(27-19-7-4-3-6-18(19)21)14-24-20(22-2)23-10-5-11-26-15-17-8-12-25-13-9-17;/h3-4,6-7,16-17H,5,8-15H2,1-2H3,(H2,22,23,24);1H. The summed E-state index contributed by atoms with van der Waals surface area (Å²) < 4.78 is 30.3. The summed E-state index contributed by atoms with van der Waals surface area (Å²) in [6.07, 6.45) is 2.91. The van der Waals surface area contributed by atoms with Gasteiger partial charge < -0.3 is 24.8 Å². The highest BCUT2D eigenvalue weighted by molar-refractivity contribution is 14.0. The lowest BCUT2D eigenvalue weighted by atomic mass is 10.0. The van der Waals surface area contributed by atoms with Crippen LogP contribution in [-0.2, 0) is 9.47 Å². The summed E-state index contributed by atoms with van der Waals surface area (Å²) in [5, 5.41) is 6.44. The molecule has 6 nitrogen and oxygen atoms in total. The molecule has 160 valence electrons. The third-order valence-corrected chi connectivity index (χ3v) is 4.40. The Morgan fingerprint density at radius 2 is 2.04 bits per heavy atom. The summed E-state index contributed by atoms with van der Waals surface area (Å²) in [5.41, 5.74) is 0. The maximum absolute atomic E-state index is 13.6. The van der Waals surface area contributed by atoms with Gasteiger partial charge in [0, 0.05) is 40.0 Å². The highest BCUT2D eigenvalue weighted by atomic mass is 127. The minimum atomic E-state index is -0.354. The Morgan fingerprint density at radius 1 is 1.29 bits per heavy atom. The first-order chi connectivity index (χ1) is 13.2. The average Bonchev–Trinajstić information content (AvgIpc) is 2.69. The molecule has 1 unspecified atom stereocenters. The molecule has 2 N–H and O–H groups in total. The maximum Gasteiger partial charge on any atom is 0.191 e. The highest BCUT2D eigenvalue weighted by Gasteiger charge is 2.13. The second kappa shape index (κ2) is 14.8. The van der Waals surface area contributed by atoms with Crippen LogP contribution in [0.15, 0.2) is 29.3 Å². The van der Waals surface area contributed by atoms with Crippen LogP contribution in [0.1, 0.15) is 26.2 Å². The zero-order chi connectivity index (χ0) is 19.3. The van der Waals surface area contributed by atoms with Crippen LogP contribution in [0.25, 0.3) is 0 Å². The van der Waals surface area contributed by atoms with Gasteiger partial charge in [-0.05, 0) is 44.2 Å². The van der Waals surface area contributed by atoms with Crippen molar-refractivity contribution in [1.29, 1.82) is 0 Å². The second-order valence-corrected chi connectivity index (χ2v) is 6.72. The third kappa shape index (κ3) is 9.88. The fourth-order valence-corrected chi connectivity index (χ4v) is 2.80. The lowest BCUT2D eigenvalue weighted by Crippen LogP contribution is -2.42. The van der Waals surface area contributed by atoms with Gasteiger partial charge in [0.05, 0.1) is 6.54 Å². The van der Waals surface area contributed by atoms with E-state index in [0.29, 0.717) is 18.4 Å². The lowest BCUT2D eigenvalue weighted by molar-refractivity contribution is 0.0203. The van der Waals surface area contributed by atoms with E-state index in [1.54, 1.807) is 25.2 Å².